The highest BCUT2D eigenvalue weighted by Crippen LogP contribution is 2.29. The van der Waals surface area contributed by atoms with Crippen molar-refractivity contribution in [2.45, 2.75) is 50.5 Å². The van der Waals surface area contributed by atoms with Crippen molar-refractivity contribution in [2.24, 2.45) is 5.92 Å². The predicted molar refractivity (Wildman–Crippen MR) is 146 cm³/mol. The number of nitrogens with zero attached hydrogens (tertiary/aromatic N) is 4. The lowest BCUT2D eigenvalue weighted by Gasteiger charge is -2.41. The van der Waals surface area contributed by atoms with Crippen LogP contribution in [0.5, 0.6) is 5.75 Å². The van der Waals surface area contributed by atoms with E-state index in [0.717, 1.165) is 45.6 Å². The molecule has 0 unspecified atom stereocenters. The van der Waals surface area contributed by atoms with Gasteiger partial charge in [-0.2, -0.15) is 4.31 Å². The molecule has 0 bridgehead atoms. The molecular formula is C27H46N4O5S. The maximum Gasteiger partial charge on any atom is 0.248 e. The number of amides is 1. The van der Waals surface area contributed by atoms with Crippen molar-refractivity contribution in [3.05, 3.63) is 23.3 Å². The largest absolute Gasteiger partial charge is 0.497 e. The third-order valence-corrected chi connectivity index (χ3v) is 10.1. The standard InChI is InChI=1S/C27H46N4O5S/c1-21-17-25(35-6)18-22(2)27(21)37(33,34)30(5)15-16-36-20-26(32)29(4)19-23-7-9-24(10-8-23)31-13-11-28(3)12-14-31/h17-18,23-24H,7-16,19-20H2,1-6H3. The fourth-order valence-electron chi connectivity index (χ4n) is 5.54. The monoisotopic (exact) mass is 538 g/mol. The molecular weight excluding hydrogens is 492 g/mol. The van der Waals surface area contributed by atoms with E-state index in [1.807, 2.05) is 7.05 Å². The van der Waals surface area contributed by atoms with Gasteiger partial charge in [-0.05, 0) is 75.8 Å². The van der Waals surface area contributed by atoms with Gasteiger partial charge in [0.15, 0.2) is 0 Å². The summed E-state index contributed by atoms with van der Waals surface area (Å²) in [4.78, 5) is 19.7. The molecule has 0 atom stereocenters. The zero-order chi connectivity index (χ0) is 27.2. The van der Waals surface area contributed by atoms with Crippen LogP contribution in [0.3, 0.4) is 0 Å². The number of likely N-dealkylation sites (N-methyl/N-ethyl adjacent to an activating group) is 3. The quantitative estimate of drug-likeness (QED) is 0.400. The predicted octanol–water partition coefficient (Wildman–Crippen LogP) is 2.21. The fourth-order valence-corrected chi connectivity index (χ4v) is 7.10. The number of carbonyl (C=O) groups excluding carboxylic acids is 1. The topological polar surface area (TPSA) is 82.6 Å². The van der Waals surface area contributed by atoms with Gasteiger partial charge in [-0.1, -0.05) is 0 Å². The molecule has 2 aliphatic rings. The molecule has 1 aromatic carbocycles. The molecule has 1 heterocycles. The number of benzene rings is 1. The summed E-state index contributed by atoms with van der Waals surface area (Å²) in [7, 11) is 3.44. The van der Waals surface area contributed by atoms with Crippen LogP contribution in [0.4, 0.5) is 0 Å². The second kappa shape index (κ2) is 13.4. The summed E-state index contributed by atoms with van der Waals surface area (Å²) in [6, 6.07) is 4.13. The van der Waals surface area contributed by atoms with Crippen LogP contribution in [0.25, 0.3) is 0 Å². The average Bonchev–Trinajstić information content (AvgIpc) is 2.86. The third kappa shape index (κ3) is 7.89. The highest BCUT2D eigenvalue weighted by molar-refractivity contribution is 7.89. The van der Waals surface area contributed by atoms with Crippen molar-refractivity contribution in [1.29, 1.82) is 0 Å². The van der Waals surface area contributed by atoms with Gasteiger partial charge in [0, 0.05) is 59.4 Å². The summed E-state index contributed by atoms with van der Waals surface area (Å²) < 4.78 is 38.3. The van der Waals surface area contributed by atoms with Crippen LogP contribution >= 0.6 is 0 Å². The van der Waals surface area contributed by atoms with E-state index in [0.29, 0.717) is 28.8 Å². The van der Waals surface area contributed by atoms with Crippen LogP contribution in [-0.4, -0.2) is 120 Å². The van der Waals surface area contributed by atoms with Gasteiger partial charge in [0.05, 0.1) is 18.6 Å². The molecule has 2 fully saturated rings. The molecule has 10 heteroatoms. The smallest absolute Gasteiger partial charge is 0.248 e. The Hall–Kier alpha value is -1.72. The maximum absolute atomic E-state index is 13.1. The van der Waals surface area contributed by atoms with Crippen LogP contribution in [0.15, 0.2) is 17.0 Å². The Kier molecular flexibility index (Phi) is 10.8. The molecule has 1 aliphatic carbocycles. The maximum atomic E-state index is 13.1. The Morgan fingerprint density at radius 1 is 1.03 bits per heavy atom. The minimum absolute atomic E-state index is 0.0401. The minimum Gasteiger partial charge on any atom is -0.497 e. The summed E-state index contributed by atoms with van der Waals surface area (Å²) in [6.45, 7) is 9.19. The fraction of sp³-hybridized carbons (Fsp3) is 0.741. The lowest BCUT2D eigenvalue weighted by molar-refractivity contribution is -0.135. The van der Waals surface area contributed by atoms with Gasteiger partial charge in [0.2, 0.25) is 15.9 Å². The summed E-state index contributed by atoms with van der Waals surface area (Å²) >= 11 is 0. The Morgan fingerprint density at radius 2 is 1.62 bits per heavy atom. The van der Waals surface area contributed by atoms with Crippen molar-refractivity contribution in [1.82, 2.24) is 19.0 Å². The van der Waals surface area contributed by atoms with Gasteiger partial charge in [-0.3, -0.25) is 9.69 Å². The summed E-state index contributed by atoms with van der Waals surface area (Å²) in [6.07, 6.45) is 4.73. The molecule has 1 saturated heterocycles. The highest BCUT2D eigenvalue weighted by Gasteiger charge is 2.29. The van der Waals surface area contributed by atoms with Crippen molar-refractivity contribution < 1.29 is 22.7 Å². The van der Waals surface area contributed by atoms with E-state index in [4.69, 9.17) is 9.47 Å². The molecule has 1 aromatic rings. The first-order valence-electron chi connectivity index (χ1n) is 13.4. The number of sulfonamides is 1. The van der Waals surface area contributed by atoms with Crippen molar-refractivity contribution >= 4 is 15.9 Å². The third-order valence-electron chi connectivity index (χ3n) is 7.94. The van der Waals surface area contributed by atoms with E-state index < -0.39 is 10.0 Å². The van der Waals surface area contributed by atoms with Crippen LogP contribution < -0.4 is 4.74 Å². The molecule has 3 rings (SSSR count). The number of aryl methyl sites for hydroxylation is 2. The Morgan fingerprint density at radius 3 is 2.19 bits per heavy atom. The molecule has 9 nitrogen and oxygen atoms in total. The molecule has 210 valence electrons. The van der Waals surface area contributed by atoms with Gasteiger partial charge in [-0.25, -0.2) is 8.42 Å². The van der Waals surface area contributed by atoms with Crippen molar-refractivity contribution in [3.63, 3.8) is 0 Å². The number of carbonyl (C=O) groups is 1. The normalized spacial score (nSPS) is 21.8. The number of ether oxygens (including phenoxy) is 2. The second-order valence-electron chi connectivity index (χ2n) is 10.8. The molecule has 0 spiro atoms. The molecule has 1 aliphatic heterocycles. The minimum atomic E-state index is -3.68. The van der Waals surface area contributed by atoms with E-state index in [2.05, 4.69) is 16.8 Å². The number of hydrogen-bond acceptors (Lipinski definition) is 7. The van der Waals surface area contributed by atoms with Crippen LogP contribution in [0, 0.1) is 19.8 Å². The molecule has 37 heavy (non-hydrogen) atoms. The number of methoxy groups -OCH3 is 1. The van der Waals surface area contributed by atoms with E-state index in [1.165, 1.54) is 24.2 Å². The first-order valence-corrected chi connectivity index (χ1v) is 14.8. The van der Waals surface area contributed by atoms with Crippen molar-refractivity contribution in [2.75, 3.05) is 80.7 Å². The first kappa shape index (κ1) is 29.8. The number of rotatable bonds is 11. The molecule has 1 saturated carbocycles. The van der Waals surface area contributed by atoms with Gasteiger partial charge in [0.25, 0.3) is 0 Å². The average molecular weight is 539 g/mol. The summed E-state index contributed by atoms with van der Waals surface area (Å²) in [5.41, 5.74) is 1.28. The van der Waals surface area contributed by atoms with Crippen molar-refractivity contribution in [3.8, 4) is 5.75 Å². The SMILES string of the molecule is COc1cc(C)c(S(=O)(=O)N(C)CCOCC(=O)N(C)CC2CCC(N3CCN(C)CC3)CC2)c(C)c1. The van der Waals surface area contributed by atoms with Gasteiger partial charge < -0.3 is 19.3 Å². The number of hydrogen-bond donors (Lipinski definition) is 0. The molecule has 1 amide bonds. The summed E-state index contributed by atoms with van der Waals surface area (Å²) in [5.74, 6) is 1.10. The lowest BCUT2D eigenvalue weighted by Crippen LogP contribution is -2.50. The van der Waals surface area contributed by atoms with E-state index in [-0.39, 0.29) is 30.6 Å². The molecule has 0 radical (unpaired) electrons. The van der Waals surface area contributed by atoms with E-state index in [1.54, 1.807) is 38.0 Å². The Labute approximate surface area is 223 Å². The summed E-state index contributed by atoms with van der Waals surface area (Å²) in [5, 5.41) is 0. The first-order chi connectivity index (χ1) is 17.5. The van der Waals surface area contributed by atoms with Gasteiger partial charge in [0.1, 0.15) is 12.4 Å². The van der Waals surface area contributed by atoms with Crippen LogP contribution in [0.2, 0.25) is 0 Å². The van der Waals surface area contributed by atoms with E-state index >= 15 is 0 Å². The Balaban J connectivity index is 1.38. The van der Waals surface area contributed by atoms with E-state index in [9.17, 15) is 13.2 Å². The molecule has 0 aromatic heterocycles. The zero-order valence-corrected chi connectivity index (χ0v) is 24.3. The zero-order valence-electron chi connectivity index (χ0n) is 23.5. The second-order valence-corrected chi connectivity index (χ2v) is 12.7. The molecule has 0 N–H and O–H groups in total. The van der Waals surface area contributed by atoms with Gasteiger partial charge in [-0.15, -0.1) is 0 Å². The van der Waals surface area contributed by atoms with Gasteiger partial charge >= 0.3 is 0 Å². The Bertz CT molecular complexity index is 979. The van der Waals surface area contributed by atoms with Crippen LogP contribution in [0.1, 0.15) is 36.8 Å². The van der Waals surface area contributed by atoms with Crippen LogP contribution in [-0.2, 0) is 19.6 Å². The highest BCUT2D eigenvalue weighted by atomic mass is 32.2. The number of piperazine rings is 1. The lowest BCUT2D eigenvalue weighted by atomic mass is 9.84.